The molecular formula is C17H21N3O2. The molecule has 1 heterocycles. The smallest absolute Gasteiger partial charge is 0.220 e. The lowest BCUT2D eigenvalue weighted by Gasteiger charge is -2.17. The Balaban J connectivity index is 1.84. The predicted molar refractivity (Wildman–Crippen MR) is 84.3 cm³/mol. The molecule has 2 rings (SSSR count). The van der Waals surface area contributed by atoms with Gasteiger partial charge in [0.15, 0.2) is 0 Å². The molecule has 0 aliphatic carbocycles. The summed E-state index contributed by atoms with van der Waals surface area (Å²) in [6.07, 6.45) is 6.38. The molecule has 1 aromatic carbocycles. The maximum Gasteiger partial charge on any atom is 0.220 e. The fraction of sp³-hybridized carbons (Fsp3) is 0.353. The van der Waals surface area contributed by atoms with Crippen LogP contribution in [0.4, 0.5) is 0 Å². The van der Waals surface area contributed by atoms with E-state index in [1.165, 1.54) is 0 Å². The molecule has 2 N–H and O–H groups in total. The van der Waals surface area contributed by atoms with Crippen LogP contribution in [0.2, 0.25) is 0 Å². The molecule has 0 saturated carbocycles. The zero-order valence-corrected chi connectivity index (χ0v) is 12.7. The second-order valence-corrected chi connectivity index (χ2v) is 5.27. The van der Waals surface area contributed by atoms with Crippen LogP contribution in [0.5, 0.6) is 0 Å². The number of nitrogens with one attached hydrogen (secondary N) is 1. The Labute approximate surface area is 130 Å². The molecule has 0 spiro atoms. The summed E-state index contributed by atoms with van der Waals surface area (Å²) in [4.78, 5) is 20.1. The maximum absolute atomic E-state index is 12.0. The van der Waals surface area contributed by atoms with Crippen LogP contribution in [-0.4, -0.2) is 33.6 Å². The first kappa shape index (κ1) is 16.1. The molecule has 0 aliphatic heterocycles. The Bertz CT molecular complexity index is 602. The van der Waals surface area contributed by atoms with E-state index < -0.39 is 0 Å². The van der Waals surface area contributed by atoms with Gasteiger partial charge in [0.05, 0.1) is 18.3 Å². The number of nitrogens with zero attached hydrogens (tertiary/aromatic N) is 2. The fourth-order valence-corrected chi connectivity index (χ4v) is 2.27. The molecule has 0 unspecified atom stereocenters. The van der Waals surface area contributed by atoms with Crippen LogP contribution in [-0.2, 0) is 17.6 Å². The SMILES string of the molecule is Cc1ccccc1C[C@@H](CO)NC(=O)CCc1cnccn1. The molecule has 0 aliphatic rings. The van der Waals surface area contributed by atoms with Gasteiger partial charge < -0.3 is 10.4 Å². The van der Waals surface area contributed by atoms with Gasteiger partial charge in [0.2, 0.25) is 5.91 Å². The Hall–Kier alpha value is -2.27. The Morgan fingerprint density at radius 3 is 2.82 bits per heavy atom. The van der Waals surface area contributed by atoms with E-state index in [9.17, 15) is 9.90 Å². The highest BCUT2D eigenvalue weighted by Crippen LogP contribution is 2.10. The quantitative estimate of drug-likeness (QED) is 0.811. The van der Waals surface area contributed by atoms with Crippen molar-refractivity contribution in [3.63, 3.8) is 0 Å². The van der Waals surface area contributed by atoms with Crippen LogP contribution in [0.1, 0.15) is 23.2 Å². The van der Waals surface area contributed by atoms with E-state index >= 15 is 0 Å². The van der Waals surface area contributed by atoms with Crippen molar-refractivity contribution in [3.05, 3.63) is 59.7 Å². The number of hydrogen-bond acceptors (Lipinski definition) is 4. The van der Waals surface area contributed by atoms with E-state index in [2.05, 4.69) is 15.3 Å². The predicted octanol–water partition coefficient (Wildman–Crippen LogP) is 1.44. The largest absolute Gasteiger partial charge is 0.394 e. The minimum atomic E-state index is -0.268. The van der Waals surface area contributed by atoms with E-state index in [0.29, 0.717) is 19.3 Å². The number of carbonyl (C=O) groups is 1. The second-order valence-electron chi connectivity index (χ2n) is 5.27. The molecule has 5 nitrogen and oxygen atoms in total. The van der Waals surface area contributed by atoms with E-state index in [1.54, 1.807) is 18.6 Å². The van der Waals surface area contributed by atoms with Crippen LogP contribution >= 0.6 is 0 Å². The molecule has 0 saturated heterocycles. The van der Waals surface area contributed by atoms with Gasteiger partial charge in [-0.15, -0.1) is 0 Å². The zero-order chi connectivity index (χ0) is 15.8. The molecular weight excluding hydrogens is 278 g/mol. The number of carbonyl (C=O) groups excluding carboxylic acids is 1. The van der Waals surface area contributed by atoms with E-state index in [0.717, 1.165) is 16.8 Å². The van der Waals surface area contributed by atoms with Gasteiger partial charge in [-0.25, -0.2) is 0 Å². The third-order valence-corrected chi connectivity index (χ3v) is 3.54. The lowest BCUT2D eigenvalue weighted by molar-refractivity contribution is -0.122. The van der Waals surface area contributed by atoms with Crippen molar-refractivity contribution in [2.45, 2.75) is 32.2 Å². The molecule has 116 valence electrons. The number of hydrogen-bond donors (Lipinski definition) is 2. The first-order valence-electron chi connectivity index (χ1n) is 7.38. The van der Waals surface area contributed by atoms with Gasteiger partial charge in [-0.05, 0) is 30.9 Å². The van der Waals surface area contributed by atoms with Crippen LogP contribution in [0, 0.1) is 6.92 Å². The van der Waals surface area contributed by atoms with Gasteiger partial charge in [-0.3, -0.25) is 14.8 Å². The van der Waals surface area contributed by atoms with E-state index in [1.807, 2.05) is 31.2 Å². The average molecular weight is 299 g/mol. The number of aromatic nitrogens is 2. The van der Waals surface area contributed by atoms with E-state index in [-0.39, 0.29) is 18.6 Å². The number of aryl methyl sites for hydroxylation is 2. The molecule has 1 aromatic heterocycles. The molecule has 1 atom stereocenters. The fourth-order valence-electron chi connectivity index (χ4n) is 2.27. The van der Waals surface area contributed by atoms with Gasteiger partial charge in [0.1, 0.15) is 0 Å². The standard InChI is InChI=1S/C17H21N3O2/c1-13-4-2-3-5-14(13)10-16(12-21)20-17(22)7-6-15-11-18-8-9-19-15/h2-5,8-9,11,16,21H,6-7,10,12H2,1H3,(H,20,22)/t16-/m0/s1. The summed E-state index contributed by atoms with van der Waals surface area (Å²) in [6.45, 7) is 1.95. The topological polar surface area (TPSA) is 75.1 Å². The Morgan fingerprint density at radius 2 is 2.14 bits per heavy atom. The highest BCUT2D eigenvalue weighted by Gasteiger charge is 2.13. The number of rotatable bonds is 7. The van der Waals surface area contributed by atoms with Gasteiger partial charge >= 0.3 is 0 Å². The third kappa shape index (κ3) is 4.93. The molecule has 22 heavy (non-hydrogen) atoms. The minimum absolute atomic E-state index is 0.0782. The summed E-state index contributed by atoms with van der Waals surface area (Å²) in [5, 5.41) is 12.4. The molecule has 5 heteroatoms. The second kappa shape index (κ2) is 8.24. The van der Waals surface area contributed by atoms with Gasteiger partial charge in [0.25, 0.3) is 0 Å². The van der Waals surface area contributed by atoms with Crippen molar-refractivity contribution in [1.82, 2.24) is 15.3 Å². The van der Waals surface area contributed by atoms with Gasteiger partial charge in [-0.2, -0.15) is 0 Å². The van der Waals surface area contributed by atoms with Crippen molar-refractivity contribution < 1.29 is 9.90 Å². The lowest BCUT2D eigenvalue weighted by atomic mass is 10.0. The summed E-state index contributed by atoms with van der Waals surface area (Å²) in [7, 11) is 0. The van der Waals surface area contributed by atoms with Crippen molar-refractivity contribution in [3.8, 4) is 0 Å². The van der Waals surface area contributed by atoms with Crippen LogP contribution < -0.4 is 5.32 Å². The van der Waals surface area contributed by atoms with Crippen LogP contribution in [0.15, 0.2) is 42.9 Å². The zero-order valence-electron chi connectivity index (χ0n) is 12.7. The summed E-state index contributed by atoms with van der Waals surface area (Å²) in [5.41, 5.74) is 3.09. The van der Waals surface area contributed by atoms with Crippen LogP contribution in [0.3, 0.4) is 0 Å². The minimum Gasteiger partial charge on any atom is -0.394 e. The molecule has 1 amide bonds. The maximum atomic E-state index is 12.0. The lowest BCUT2D eigenvalue weighted by Crippen LogP contribution is -2.39. The first-order valence-corrected chi connectivity index (χ1v) is 7.38. The molecule has 0 fully saturated rings. The summed E-state index contributed by atoms with van der Waals surface area (Å²) < 4.78 is 0. The van der Waals surface area contributed by atoms with Crippen molar-refractivity contribution in [1.29, 1.82) is 0 Å². The number of amides is 1. The van der Waals surface area contributed by atoms with E-state index in [4.69, 9.17) is 0 Å². The van der Waals surface area contributed by atoms with Gasteiger partial charge in [-0.1, -0.05) is 24.3 Å². The number of benzene rings is 1. The summed E-state index contributed by atoms with van der Waals surface area (Å²) in [6, 6.07) is 7.72. The average Bonchev–Trinajstić information content (AvgIpc) is 2.55. The van der Waals surface area contributed by atoms with Crippen molar-refractivity contribution >= 4 is 5.91 Å². The Kier molecular flexibility index (Phi) is 6.03. The summed E-state index contributed by atoms with van der Waals surface area (Å²) in [5.74, 6) is -0.0849. The van der Waals surface area contributed by atoms with Crippen LogP contribution in [0.25, 0.3) is 0 Å². The molecule has 0 radical (unpaired) electrons. The normalized spacial score (nSPS) is 11.9. The van der Waals surface area contributed by atoms with Crippen molar-refractivity contribution in [2.24, 2.45) is 0 Å². The third-order valence-electron chi connectivity index (χ3n) is 3.54. The Morgan fingerprint density at radius 1 is 1.32 bits per heavy atom. The number of aliphatic hydroxyl groups excluding tert-OH is 1. The van der Waals surface area contributed by atoms with Crippen molar-refractivity contribution in [2.75, 3.05) is 6.61 Å². The number of aliphatic hydroxyl groups is 1. The first-order chi connectivity index (χ1) is 10.7. The monoisotopic (exact) mass is 299 g/mol. The molecule has 2 aromatic rings. The highest BCUT2D eigenvalue weighted by molar-refractivity contribution is 5.76. The highest BCUT2D eigenvalue weighted by atomic mass is 16.3. The molecule has 0 bridgehead atoms. The summed E-state index contributed by atoms with van der Waals surface area (Å²) >= 11 is 0. The van der Waals surface area contributed by atoms with Gasteiger partial charge in [0, 0.05) is 25.0 Å².